The molecule has 0 fully saturated rings. The molecule has 6 heteroatoms. The summed E-state index contributed by atoms with van der Waals surface area (Å²) in [4.78, 5) is 13.4. The molecule has 2 aromatic carbocycles. The molecule has 30 heavy (non-hydrogen) atoms. The summed E-state index contributed by atoms with van der Waals surface area (Å²) >= 11 is 5.97. The molecule has 0 unspecified atom stereocenters. The van der Waals surface area contributed by atoms with Crippen LogP contribution < -0.4 is 10.2 Å². The van der Waals surface area contributed by atoms with Gasteiger partial charge in [-0.05, 0) is 49.2 Å². The Balaban J connectivity index is 2.35. The number of benzene rings is 2. The van der Waals surface area contributed by atoms with Gasteiger partial charge < -0.3 is 20.1 Å². The van der Waals surface area contributed by atoms with E-state index in [9.17, 15) is 9.90 Å². The molecular weight excluding hydrogens is 400 g/mol. The third kappa shape index (κ3) is 5.75. The normalized spacial score (nSPS) is 11.1. The third-order valence-corrected chi connectivity index (χ3v) is 4.92. The van der Waals surface area contributed by atoms with Crippen molar-refractivity contribution in [3.63, 3.8) is 0 Å². The molecule has 0 saturated carbocycles. The van der Waals surface area contributed by atoms with E-state index in [4.69, 9.17) is 16.3 Å². The largest absolute Gasteiger partial charge is 0.478 e. The fraction of sp³-hybridized carbons (Fsp3) is 0.208. The molecular formula is C24H27ClN2O3. The van der Waals surface area contributed by atoms with Crippen LogP contribution in [0.5, 0.6) is 0 Å². The molecule has 2 rings (SSSR count). The summed E-state index contributed by atoms with van der Waals surface area (Å²) in [7, 11) is 1.62. The number of ether oxygens (including phenoxy) is 1. The van der Waals surface area contributed by atoms with Crippen molar-refractivity contribution in [1.29, 1.82) is 0 Å². The number of rotatable bonds is 10. The number of halogens is 1. The maximum Gasteiger partial charge on any atom is 0.335 e. The first-order valence-corrected chi connectivity index (χ1v) is 9.84. The topological polar surface area (TPSA) is 61.8 Å². The lowest BCUT2D eigenvalue weighted by Gasteiger charge is -2.30. The van der Waals surface area contributed by atoms with Crippen LogP contribution in [-0.4, -0.2) is 31.3 Å². The molecule has 0 aliphatic carbocycles. The lowest BCUT2D eigenvalue weighted by molar-refractivity contribution is 0.0697. The van der Waals surface area contributed by atoms with Crippen LogP contribution in [0.3, 0.4) is 0 Å². The molecule has 0 aliphatic rings. The van der Waals surface area contributed by atoms with Crippen LogP contribution in [0.15, 0.2) is 73.1 Å². The highest BCUT2D eigenvalue weighted by Crippen LogP contribution is 2.28. The number of methoxy groups -OCH3 is 1. The van der Waals surface area contributed by atoms with E-state index in [0.717, 1.165) is 22.5 Å². The zero-order chi connectivity index (χ0) is 22.3. The Hall–Kier alpha value is -3.02. The fourth-order valence-electron chi connectivity index (χ4n) is 2.96. The molecule has 0 aromatic heterocycles. The number of aromatic carboxylic acids is 1. The summed E-state index contributed by atoms with van der Waals surface area (Å²) in [6.45, 7) is 13.2. The van der Waals surface area contributed by atoms with E-state index in [2.05, 4.69) is 18.5 Å². The molecule has 158 valence electrons. The van der Waals surface area contributed by atoms with Crippen molar-refractivity contribution < 1.29 is 14.6 Å². The van der Waals surface area contributed by atoms with Crippen LogP contribution in [0.25, 0.3) is 5.70 Å². The van der Waals surface area contributed by atoms with Crippen LogP contribution in [0.2, 0.25) is 5.02 Å². The van der Waals surface area contributed by atoms with Gasteiger partial charge in [-0.25, -0.2) is 4.79 Å². The highest BCUT2D eigenvalue weighted by Gasteiger charge is 2.18. The molecule has 5 nitrogen and oxygen atoms in total. The van der Waals surface area contributed by atoms with Gasteiger partial charge in [0.2, 0.25) is 0 Å². The van der Waals surface area contributed by atoms with E-state index in [0.29, 0.717) is 29.6 Å². The Morgan fingerprint density at radius 3 is 2.40 bits per heavy atom. The molecule has 0 spiro atoms. The molecule has 0 aliphatic heterocycles. The van der Waals surface area contributed by atoms with Gasteiger partial charge in [0.05, 0.1) is 23.6 Å². The van der Waals surface area contributed by atoms with Crippen LogP contribution >= 0.6 is 11.6 Å². The maximum absolute atomic E-state index is 11.5. The van der Waals surface area contributed by atoms with Crippen molar-refractivity contribution >= 4 is 29.0 Å². The number of hydrogen-bond acceptors (Lipinski definition) is 4. The number of aryl methyl sites for hydroxylation is 1. The second kappa shape index (κ2) is 10.7. The van der Waals surface area contributed by atoms with Gasteiger partial charge in [-0.1, -0.05) is 49.0 Å². The first kappa shape index (κ1) is 23.3. The lowest BCUT2D eigenvalue weighted by atomic mass is 10.1. The van der Waals surface area contributed by atoms with Crippen molar-refractivity contribution in [2.45, 2.75) is 13.8 Å². The number of carboxylic acid groups (broad SMARTS) is 1. The van der Waals surface area contributed by atoms with Crippen molar-refractivity contribution in [3.05, 3.63) is 94.8 Å². The first-order valence-electron chi connectivity index (χ1n) is 9.46. The zero-order valence-electron chi connectivity index (χ0n) is 17.5. The summed E-state index contributed by atoms with van der Waals surface area (Å²) in [6, 6.07) is 12.4. The van der Waals surface area contributed by atoms with Gasteiger partial charge in [0.25, 0.3) is 0 Å². The van der Waals surface area contributed by atoms with Crippen LogP contribution in [0, 0.1) is 6.92 Å². The van der Waals surface area contributed by atoms with E-state index in [1.165, 1.54) is 0 Å². The monoisotopic (exact) mass is 426 g/mol. The molecule has 0 saturated heterocycles. The van der Waals surface area contributed by atoms with Crippen LogP contribution in [-0.2, 0) is 4.74 Å². The minimum atomic E-state index is -0.978. The van der Waals surface area contributed by atoms with Crippen LogP contribution in [0.1, 0.15) is 28.4 Å². The SMILES string of the molecule is C=C(N/C(=C\C)C(=C)N(CCOC)c1cc(C(=O)O)ccc1C)c1ccc(Cl)cc1. The maximum atomic E-state index is 11.5. The highest BCUT2D eigenvalue weighted by atomic mass is 35.5. The third-order valence-electron chi connectivity index (χ3n) is 4.67. The minimum absolute atomic E-state index is 0.214. The minimum Gasteiger partial charge on any atom is -0.478 e. The number of anilines is 1. The average Bonchev–Trinajstić information content (AvgIpc) is 2.73. The Morgan fingerprint density at radius 2 is 1.83 bits per heavy atom. The van der Waals surface area contributed by atoms with E-state index < -0.39 is 5.97 Å². The smallest absolute Gasteiger partial charge is 0.335 e. The van der Waals surface area contributed by atoms with Gasteiger partial charge in [-0.2, -0.15) is 0 Å². The van der Waals surface area contributed by atoms with E-state index in [1.807, 2.05) is 37.0 Å². The van der Waals surface area contributed by atoms with Gasteiger partial charge in [-0.3, -0.25) is 0 Å². The molecule has 0 amide bonds. The Bertz CT molecular complexity index is 965. The number of nitrogens with zero attached hydrogens (tertiary/aromatic N) is 1. The fourth-order valence-corrected chi connectivity index (χ4v) is 3.08. The quantitative estimate of drug-likeness (QED) is 0.493. The van der Waals surface area contributed by atoms with Crippen molar-refractivity contribution in [1.82, 2.24) is 5.32 Å². The van der Waals surface area contributed by atoms with Gasteiger partial charge in [0.1, 0.15) is 0 Å². The first-order chi connectivity index (χ1) is 14.3. The number of nitrogens with one attached hydrogen (secondary N) is 1. The summed E-state index contributed by atoms with van der Waals surface area (Å²) in [6.07, 6.45) is 1.90. The Morgan fingerprint density at radius 1 is 1.20 bits per heavy atom. The van der Waals surface area contributed by atoms with Gasteiger partial charge >= 0.3 is 5.97 Å². The molecule has 0 heterocycles. The highest BCUT2D eigenvalue weighted by molar-refractivity contribution is 6.30. The number of carbonyl (C=O) groups is 1. The van der Waals surface area contributed by atoms with Gasteiger partial charge in [0, 0.05) is 30.1 Å². The zero-order valence-corrected chi connectivity index (χ0v) is 18.3. The Labute approximate surface area is 182 Å². The predicted molar refractivity (Wildman–Crippen MR) is 124 cm³/mol. The number of hydrogen-bond donors (Lipinski definition) is 2. The predicted octanol–water partition coefficient (Wildman–Crippen LogP) is 5.48. The number of carboxylic acids is 1. The average molecular weight is 427 g/mol. The molecule has 2 N–H and O–H groups in total. The van der Waals surface area contributed by atoms with E-state index in [1.54, 1.807) is 37.4 Å². The summed E-state index contributed by atoms with van der Waals surface area (Å²) < 4.78 is 5.27. The molecule has 0 bridgehead atoms. The standard InChI is InChI=1S/C24H27ClN2O3/c1-6-22(26-17(3)19-9-11-21(25)12-10-19)18(4)27(13-14-30-5)23-15-20(24(28)29)8-7-16(23)2/h6-12,15,26H,3-4,13-14H2,1-2,5H3,(H,28,29)/b22-6-. The van der Waals surface area contributed by atoms with Crippen molar-refractivity contribution in [3.8, 4) is 0 Å². The molecule has 2 aromatic rings. The van der Waals surface area contributed by atoms with Crippen molar-refractivity contribution in [2.75, 3.05) is 25.2 Å². The van der Waals surface area contributed by atoms with Gasteiger partial charge in [0.15, 0.2) is 0 Å². The summed E-state index contributed by atoms with van der Waals surface area (Å²) in [5.41, 5.74) is 4.94. The second-order valence-electron chi connectivity index (χ2n) is 6.71. The summed E-state index contributed by atoms with van der Waals surface area (Å²) in [5, 5.41) is 13.4. The van der Waals surface area contributed by atoms with E-state index >= 15 is 0 Å². The van der Waals surface area contributed by atoms with E-state index in [-0.39, 0.29) is 5.56 Å². The second-order valence-corrected chi connectivity index (χ2v) is 7.15. The molecule has 0 atom stereocenters. The lowest BCUT2D eigenvalue weighted by Crippen LogP contribution is -2.31. The van der Waals surface area contributed by atoms with Crippen LogP contribution in [0.4, 0.5) is 5.69 Å². The van der Waals surface area contributed by atoms with Crippen molar-refractivity contribution in [2.24, 2.45) is 0 Å². The molecule has 0 radical (unpaired) electrons. The summed E-state index contributed by atoms with van der Waals surface area (Å²) in [5.74, 6) is -0.978. The van der Waals surface area contributed by atoms with Gasteiger partial charge in [-0.15, -0.1) is 0 Å². The Kier molecular flexibility index (Phi) is 8.27. The number of allylic oxidation sites excluding steroid dienone is 1.